The van der Waals surface area contributed by atoms with Crippen molar-refractivity contribution in [3.63, 3.8) is 0 Å². The van der Waals surface area contributed by atoms with Gasteiger partial charge in [-0.15, -0.1) is 11.8 Å². The lowest BCUT2D eigenvalue weighted by Crippen LogP contribution is -2.52. The molecule has 1 N–H and O–H groups in total. The van der Waals surface area contributed by atoms with Crippen LogP contribution in [-0.4, -0.2) is 57.1 Å². The maximum absolute atomic E-state index is 14.2. The monoisotopic (exact) mass is 625 g/mol. The number of hydrogen-bond acceptors (Lipinski definition) is 6. The molecule has 0 bridgehead atoms. The highest BCUT2D eigenvalue weighted by Crippen LogP contribution is 2.28. The number of carbonyl (C=O) groups is 2. The van der Waals surface area contributed by atoms with Crippen LogP contribution in [0.4, 0.5) is 5.69 Å². The van der Waals surface area contributed by atoms with Gasteiger partial charge in [-0.2, -0.15) is 0 Å². The van der Waals surface area contributed by atoms with Crippen molar-refractivity contribution in [2.45, 2.75) is 69.3 Å². The zero-order valence-corrected chi connectivity index (χ0v) is 27.3. The minimum Gasteiger partial charge on any atom is -0.494 e. The first-order chi connectivity index (χ1) is 20.7. The Morgan fingerprint density at radius 1 is 0.953 bits per heavy atom. The Kier molecular flexibility index (Phi) is 12.9. The molecule has 1 atom stereocenters. The van der Waals surface area contributed by atoms with Crippen molar-refractivity contribution < 1.29 is 22.7 Å². The molecule has 3 aromatic carbocycles. The van der Waals surface area contributed by atoms with Crippen LogP contribution in [0.5, 0.6) is 5.75 Å². The van der Waals surface area contributed by atoms with Crippen molar-refractivity contribution in [3.05, 3.63) is 83.9 Å². The van der Waals surface area contributed by atoms with Crippen LogP contribution < -0.4 is 14.4 Å². The fourth-order valence-corrected chi connectivity index (χ4v) is 6.50. The lowest BCUT2D eigenvalue weighted by atomic mass is 10.1. The molecule has 0 unspecified atom stereocenters. The molecule has 0 heterocycles. The molecule has 0 aliphatic rings. The van der Waals surface area contributed by atoms with Crippen LogP contribution in [-0.2, 0) is 26.2 Å². The third-order valence-electron chi connectivity index (χ3n) is 7.18. The van der Waals surface area contributed by atoms with Gasteiger partial charge in [-0.1, -0.05) is 44.5 Å². The third kappa shape index (κ3) is 9.00. The van der Waals surface area contributed by atoms with Gasteiger partial charge in [0, 0.05) is 18.0 Å². The van der Waals surface area contributed by atoms with Crippen LogP contribution in [0.2, 0.25) is 0 Å². The van der Waals surface area contributed by atoms with Gasteiger partial charge in [-0.25, -0.2) is 8.42 Å². The van der Waals surface area contributed by atoms with E-state index in [2.05, 4.69) is 5.32 Å². The van der Waals surface area contributed by atoms with Crippen molar-refractivity contribution in [1.29, 1.82) is 0 Å². The van der Waals surface area contributed by atoms with Crippen molar-refractivity contribution in [2.24, 2.45) is 0 Å². The second-order valence-corrected chi connectivity index (χ2v) is 12.9. The fourth-order valence-electron chi connectivity index (χ4n) is 4.68. The van der Waals surface area contributed by atoms with E-state index in [0.717, 1.165) is 33.2 Å². The number of ether oxygens (including phenoxy) is 1. The number of hydrogen-bond donors (Lipinski definition) is 1. The smallest absolute Gasteiger partial charge is 0.264 e. The quantitative estimate of drug-likeness (QED) is 0.154. The van der Waals surface area contributed by atoms with Gasteiger partial charge in [-0.05, 0) is 92.6 Å². The highest BCUT2D eigenvalue weighted by Gasteiger charge is 2.33. The lowest BCUT2D eigenvalue weighted by Gasteiger charge is -2.33. The van der Waals surface area contributed by atoms with Gasteiger partial charge in [0.2, 0.25) is 11.8 Å². The maximum Gasteiger partial charge on any atom is 0.264 e. The first kappa shape index (κ1) is 34.0. The normalized spacial score (nSPS) is 11.9. The van der Waals surface area contributed by atoms with Gasteiger partial charge in [0.05, 0.1) is 17.2 Å². The molecular formula is C33H43N3O5S2. The van der Waals surface area contributed by atoms with Crippen LogP contribution in [0.3, 0.4) is 0 Å². The summed E-state index contributed by atoms with van der Waals surface area (Å²) in [6, 6.07) is 20.1. The number of thioether (sulfide) groups is 1. The fraction of sp³-hybridized carbons (Fsp3) is 0.394. The van der Waals surface area contributed by atoms with Crippen molar-refractivity contribution in [3.8, 4) is 5.75 Å². The predicted octanol–water partition coefficient (Wildman–Crippen LogP) is 6.03. The van der Waals surface area contributed by atoms with E-state index in [1.165, 1.54) is 16.7 Å². The molecule has 3 rings (SSSR count). The van der Waals surface area contributed by atoms with Crippen LogP contribution in [0.25, 0.3) is 0 Å². The van der Waals surface area contributed by atoms with Crippen LogP contribution in [0, 0.1) is 6.92 Å². The van der Waals surface area contributed by atoms with Crippen LogP contribution >= 0.6 is 11.8 Å². The molecule has 2 amide bonds. The minimum absolute atomic E-state index is 0.0711. The zero-order chi connectivity index (χ0) is 31.4. The third-order valence-corrected chi connectivity index (χ3v) is 9.71. The summed E-state index contributed by atoms with van der Waals surface area (Å²) in [5.41, 5.74) is 2.19. The van der Waals surface area contributed by atoms with E-state index in [9.17, 15) is 18.0 Å². The summed E-state index contributed by atoms with van der Waals surface area (Å²) in [7, 11) is -4.15. The Hall–Kier alpha value is -3.50. The molecule has 0 aliphatic carbocycles. The Balaban J connectivity index is 2.05. The van der Waals surface area contributed by atoms with E-state index < -0.39 is 28.5 Å². The van der Waals surface area contributed by atoms with E-state index in [1.54, 1.807) is 48.5 Å². The maximum atomic E-state index is 14.2. The summed E-state index contributed by atoms with van der Waals surface area (Å²) >= 11 is 1.51. The molecule has 43 heavy (non-hydrogen) atoms. The first-order valence-corrected chi connectivity index (χ1v) is 17.3. The average molecular weight is 626 g/mol. The van der Waals surface area contributed by atoms with E-state index >= 15 is 0 Å². The molecule has 232 valence electrons. The number of amides is 2. The number of nitrogens with zero attached hydrogens (tertiary/aromatic N) is 2. The van der Waals surface area contributed by atoms with Gasteiger partial charge in [0.15, 0.2) is 0 Å². The molecule has 0 fully saturated rings. The van der Waals surface area contributed by atoms with Gasteiger partial charge < -0.3 is 15.0 Å². The Labute approximate surface area is 260 Å². The summed E-state index contributed by atoms with van der Waals surface area (Å²) in [6.07, 6.45) is 4.05. The van der Waals surface area contributed by atoms with Crippen molar-refractivity contribution in [2.75, 3.05) is 30.3 Å². The summed E-state index contributed by atoms with van der Waals surface area (Å²) in [5.74, 6) is -0.129. The molecule has 0 aromatic heterocycles. The largest absolute Gasteiger partial charge is 0.494 e. The molecule has 3 aromatic rings. The topological polar surface area (TPSA) is 96.0 Å². The Bertz CT molecular complexity index is 1440. The molecule has 0 spiro atoms. The van der Waals surface area contributed by atoms with E-state index in [0.29, 0.717) is 31.0 Å². The number of anilines is 1. The predicted molar refractivity (Wildman–Crippen MR) is 174 cm³/mol. The highest BCUT2D eigenvalue weighted by atomic mass is 32.2. The molecule has 0 radical (unpaired) electrons. The standard InChI is InChI=1S/C33H43N3O5S2/c1-6-9-22-34-33(38)31(7-2)35(23-26-13-11-10-12-25(26)4)32(37)24-36(27-14-16-28(17-15-27)41-8-3)43(39,40)30-20-18-29(42-5)19-21-30/h10-21,31H,6-9,22-24H2,1-5H3,(H,34,38)/t31-/m0/s1. The molecule has 0 saturated heterocycles. The molecule has 8 nitrogen and oxygen atoms in total. The van der Waals surface area contributed by atoms with Gasteiger partial charge in [0.25, 0.3) is 10.0 Å². The molecular weight excluding hydrogens is 583 g/mol. The Morgan fingerprint density at radius 3 is 2.21 bits per heavy atom. The number of sulfonamides is 1. The SMILES string of the molecule is CCCCNC(=O)[C@H](CC)N(Cc1ccccc1C)C(=O)CN(c1ccc(OCC)cc1)S(=O)(=O)c1ccc(SC)cc1. The Morgan fingerprint density at radius 2 is 1.63 bits per heavy atom. The number of nitrogens with one attached hydrogen (secondary N) is 1. The van der Waals surface area contributed by atoms with Gasteiger partial charge in [-0.3, -0.25) is 13.9 Å². The zero-order valence-electron chi connectivity index (χ0n) is 25.7. The summed E-state index contributed by atoms with van der Waals surface area (Å²) in [5, 5.41) is 2.96. The second kappa shape index (κ2) is 16.4. The average Bonchev–Trinajstić information content (AvgIpc) is 3.01. The minimum atomic E-state index is -4.15. The summed E-state index contributed by atoms with van der Waals surface area (Å²) < 4.78 is 34.9. The summed E-state index contributed by atoms with van der Waals surface area (Å²) in [6.45, 7) is 8.39. The van der Waals surface area contributed by atoms with E-state index in [-0.39, 0.29) is 17.3 Å². The van der Waals surface area contributed by atoms with E-state index in [4.69, 9.17) is 4.74 Å². The van der Waals surface area contributed by atoms with Crippen molar-refractivity contribution in [1.82, 2.24) is 10.2 Å². The molecule has 0 saturated carbocycles. The van der Waals surface area contributed by atoms with Crippen LogP contribution in [0.1, 0.15) is 51.2 Å². The second-order valence-electron chi connectivity index (χ2n) is 10.1. The summed E-state index contributed by atoms with van der Waals surface area (Å²) in [4.78, 5) is 30.1. The molecule has 0 aliphatic heterocycles. The van der Waals surface area contributed by atoms with Gasteiger partial charge >= 0.3 is 0 Å². The highest BCUT2D eigenvalue weighted by molar-refractivity contribution is 7.98. The molecule has 10 heteroatoms. The van der Waals surface area contributed by atoms with E-state index in [1.807, 2.05) is 58.2 Å². The van der Waals surface area contributed by atoms with Gasteiger partial charge in [0.1, 0.15) is 18.3 Å². The number of aryl methyl sites for hydroxylation is 1. The lowest BCUT2D eigenvalue weighted by molar-refractivity contribution is -0.140. The van der Waals surface area contributed by atoms with Crippen LogP contribution in [0.15, 0.2) is 82.6 Å². The first-order valence-electron chi connectivity index (χ1n) is 14.7. The van der Waals surface area contributed by atoms with Crippen molar-refractivity contribution >= 4 is 39.3 Å². The number of benzene rings is 3. The number of rotatable bonds is 16. The number of unbranched alkanes of at least 4 members (excludes halogenated alkanes) is 1. The number of carbonyl (C=O) groups excluding carboxylic acids is 2.